The van der Waals surface area contributed by atoms with Crippen molar-refractivity contribution in [2.75, 3.05) is 13.2 Å². The minimum absolute atomic E-state index is 0.0340. The molecule has 2 amide bonds. The number of amides is 2. The summed E-state index contributed by atoms with van der Waals surface area (Å²) in [5.74, 6) is 0.442. The molecule has 1 saturated heterocycles. The van der Waals surface area contributed by atoms with E-state index in [0.717, 1.165) is 16.9 Å². The van der Waals surface area contributed by atoms with Crippen molar-refractivity contribution >= 4 is 11.8 Å². The van der Waals surface area contributed by atoms with Crippen LogP contribution in [0.2, 0.25) is 0 Å². The molecule has 1 N–H and O–H groups in total. The molecule has 0 bridgehead atoms. The summed E-state index contributed by atoms with van der Waals surface area (Å²) in [6.07, 6.45) is 0.267. The van der Waals surface area contributed by atoms with E-state index in [1.807, 2.05) is 69.3 Å². The molecule has 0 radical (unpaired) electrons. The van der Waals surface area contributed by atoms with Gasteiger partial charge in [-0.3, -0.25) is 9.59 Å². The van der Waals surface area contributed by atoms with Crippen molar-refractivity contribution in [1.82, 2.24) is 10.2 Å². The van der Waals surface area contributed by atoms with Crippen molar-refractivity contribution in [3.05, 3.63) is 65.2 Å². The maximum Gasteiger partial charge on any atom is 0.225 e. The van der Waals surface area contributed by atoms with Crippen LogP contribution in [0.3, 0.4) is 0 Å². The third-order valence-electron chi connectivity index (χ3n) is 5.11. The molecule has 3 rings (SSSR count). The lowest BCUT2D eigenvalue weighted by Gasteiger charge is -2.19. The van der Waals surface area contributed by atoms with Crippen LogP contribution in [0.4, 0.5) is 0 Å². The average Bonchev–Trinajstić information content (AvgIpc) is 3.05. The van der Waals surface area contributed by atoms with Crippen molar-refractivity contribution in [3.8, 4) is 5.75 Å². The first-order valence-corrected chi connectivity index (χ1v) is 9.82. The zero-order valence-corrected chi connectivity index (χ0v) is 16.8. The number of carbonyl (C=O) groups is 2. The van der Waals surface area contributed by atoms with E-state index in [0.29, 0.717) is 19.7 Å². The molecule has 2 atom stereocenters. The van der Waals surface area contributed by atoms with Gasteiger partial charge in [-0.2, -0.15) is 0 Å². The van der Waals surface area contributed by atoms with Crippen molar-refractivity contribution in [2.24, 2.45) is 5.92 Å². The average molecular weight is 380 g/mol. The highest BCUT2D eigenvalue weighted by Gasteiger charge is 2.34. The number of hydrogen-bond donors (Lipinski definition) is 1. The number of nitrogens with one attached hydrogen (secondary N) is 1. The van der Waals surface area contributed by atoms with Crippen molar-refractivity contribution < 1.29 is 14.3 Å². The van der Waals surface area contributed by atoms with Gasteiger partial charge in [-0.05, 0) is 44.0 Å². The van der Waals surface area contributed by atoms with E-state index in [1.54, 1.807) is 4.90 Å². The Balaban J connectivity index is 1.58. The van der Waals surface area contributed by atoms with E-state index in [2.05, 4.69) is 5.32 Å². The maximum absolute atomic E-state index is 12.7. The van der Waals surface area contributed by atoms with E-state index in [9.17, 15) is 9.59 Å². The second kappa shape index (κ2) is 8.91. The number of likely N-dealkylation sites (tertiary alicyclic amines) is 1. The Hall–Kier alpha value is -2.82. The summed E-state index contributed by atoms with van der Waals surface area (Å²) in [6.45, 7) is 7.54. The number of rotatable bonds is 7. The van der Waals surface area contributed by atoms with Gasteiger partial charge < -0.3 is 15.0 Å². The zero-order chi connectivity index (χ0) is 20.1. The Bertz CT molecular complexity index is 832. The molecule has 1 fully saturated rings. The van der Waals surface area contributed by atoms with Crippen LogP contribution in [-0.4, -0.2) is 29.9 Å². The minimum atomic E-state index is -0.310. The second-order valence-electron chi connectivity index (χ2n) is 7.40. The number of carbonyl (C=O) groups excluding carboxylic acids is 2. The van der Waals surface area contributed by atoms with Gasteiger partial charge in [-0.1, -0.05) is 42.0 Å². The standard InChI is InChI=1S/C23H28N2O3/c1-4-28-21-7-5-6-19(12-21)17(3)24-23(27)20-13-22(26)25(15-20)14-18-10-8-16(2)9-11-18/h5-12,17,20H,4,13-15H2,1-3H3,(H,24,27). The molecule has 28 heavy (non-hydrogen) atoms. The van der Waals surface area contributed by atoms with Crippen LogP contribution in [0.25, 0.3) is 0 Å². The first-order chi connectivity index (χ1) is 13.5. The predicted octanol–water partition coefficient (Wildman–Crippen LogP) is 3.62. The van der Waals surface area contributed by atoms with Gasteiger partial charge in [-0.15, -0.1) is 0 Å². The highest BCUT2D eigenvalue weighted by molar-refractivity contribution is 5.89. The van der Waals surface area contributed by atoms with Crippen molar-refractivity contribution in [2.45, 2.75) is 39.8 Å². The molecule has 0 saturated carbocycles. The van der Waals surface area contributed by atoms with Gasteiger partial charge in [0, 0.05) is 19.5 Å². The first-order valence-electron chi connectivity index (χ1n) is 9.82. The van der Waals surface area contributed by atoms with E-state index in [4.69, 9.17) is 4.74 Å². The molecule has 1 aliphatic heterocycles. The number of benzene rings is 2. The number of nitrogens with zero attached hydrogens (tertiary/aromatic N) is 1. The van der Waals surface area contributed by atoms with Crippen LogP contribution in [0, 0.1) is 12.8 Å². The zero-order valence-electron chi connectivity index (χ0n) is 16.8. The van der Waals surface area contributed by atoms with E-state index in [-0.39, 0.29) is 30.2 Å². The molecule has 0 spiro atoms. The lowest BCUT2D eigenvalue weighted by Crippen LogP contribution is -2.34. The van der Waals surface area contributed by atoms with Crippen LogP contribution in [0.5, 0.6) is 5.75 Å². The fraction of sp³-hybridized carbons (Fsp3) is 0.391. The molecule has 5 nitrogen and oxygen atoms in total. The maximum atomic E-state index is 12.7. The van der Waals surface area contributed by atoms with E-state index >= 15 is 0 Å². The number of hydrogen-bond acceptors (Lipinski definition) is 3. The Morgan fingerprint density at radius 3 is 2.71 bits per heavy atom. The summed E-state index contributed by atoms with van der Waals surface area (Å²) in [4.78, 5) is 26.8. The smallest absolute Gasteiger partial charge is 0.225 e. The van der Waals surface area contributed by atoms with Crippen LogP contribution < -0.4 is 10.1 Å². The summed E-state index contributed by atoms with van der Waals surface area (Å²) >= 11 is 0. The van der Waals surface area contributed by atoms with Crippen LogP contribution in [0.1, 0.15) is 43.0 Å². The summed E-state index contributed by atoms with van der Waals surface area (Å²) in [5, 5.41) is 3.05. The molecule has 148 valence electrons. The van der Waals surface area contributed by atoms with Gasteiger partial charge in [0.15, 0.2) is 0 Å². The molecule has 0 aliphatic carbocycles. The third kappa shape index (κ3) is 4.91. The monoisotopic (exact) mass is 380 g/mol. The number of ether oxygens (including phenoxy) is 1. The highest BCUT2D eigenvalue weighted by Crippen LogP contribution is 2.23. The summed E-state index contributed by atoms with van der Waals surface area (Å²) < 4.78 is 5.53. The van der Waals surface area contributed by atoms with E-state index in [1.165, 1.54) is 5.56 Å². The Morgan fingerprint density at radius 2 is 2.00 bits per heavy atom. The molecule has 5 heteroatoms. The van der Waals surface area contributed by atoms with E-state index < -0.39 is 0 Å². The third-order valence-corrected chi connectivity index (χ3v) is 5.11. The SMILES string of the molecule is CCOc1cccc(C(C)NC(=O)C2CC(=O)N(Cc3ccc(C)cc3)C2)c1. The Morgan fingerprint density at radius 1 is 1.25 bits per heavy atom. The molecule has 2 aromatic carbocycles. The summed E-state index contributed by atoms with van der Waals surface area (Å²) in [5.41, 5.74) is 3.26. The molecule has 1 heterocycles. The predicted molar refractivity (Wildman–Crippen MR) is 109 cm³/mol. The highest BCUT2D eigenvalue weighted by atomic mass is 16.5. The normalized spacial score (nSPS) is 17.5. The Kier molecular flexibility index (Phi) is 6.34. The molecule has 0 aromatic heterocycles. The Labute approximate surface area is 166 Å². The van der Waals surface area contributed by atoms with Crippen LogP contribution >= 0.6 is 0 Å². The second-order valence-corrected chi connectivity index (χ2v) is 7.40. The number of aryl methyl sites for hydroxylation is 1. The van der Waals surface area contributed by atoms with Gasteiger partial charge >= 0.3 is 0 Å². The molecule has 2 unspecified atom stereocenters. The van der Waals surface area contributed by atoms with Crippen LogP contribution in [-0.2, 0) is 16.1 Å². The lowest BCUT2D eigenvalue weighted by molar-refractivity contribution is -0.129. The fourth-order valence-electron chi connectivity index (χ4n) is 3.47. The largest absolute Gasteiger partial charge is 0.494 e. The molecular formula is C23H28N2O3. The molecule has 2 aromatic rings. The van der Waals surface area contributed by atoms with Gasteiger partial charge in [-0.25, -0.2) is 0 Å². The first kappa shape index (κ1) is 19.9. The fourth-order valence-corrected chi connectivity index (χ4v) is 3.47. The quantitative estimate of drug-likeness (QED) is 0.798. The topological polar surface area (TPSA) is 58.6 Å². The van der Waals surface area contributed by atoms with Gasteiger partial charge in [0.1, 0.15) is 5.75 Å². The van der Waals surface area contributed by atoms with Crippen molar-refractivity contribution in [1.29, 1.82) is 0 Å². The molecular weight excluding hydrogens is 352 g/mol. The summed E-state index contributed by atoms with van der Waals surface area (Å²) in [6, 6.07) is 15.7. The van der Waals surface area contributed by atoms with Crippen LogP contribution in [0.15, 0.2) is 48.5 Å². The molecule has 1 aliphatic rings. The van der Waals surface area contributed by atoms with Gasteiger partial charge in [0.25, 0.3) is 0 Å². The van der Waals surface area contributed by atoms with Gasteiger partial charge in [0.2, 0.25) is 11.8 Å². The minimum Gasteiger partial charge on any atom is -0.494 e. The summed E-state index contributed by atoms with van der Waals surface area (Å²) in [7, 11) is 0. The van der Waals surface area contributed by atoms with Crippen molar-refractivity contribution in [3.63, 3.8) is 0 Å². The van der Waals surface area contributed by atoms with Gasteiger partial charge in [0.05, 0.1) is 18.6 Å². The lowest BCUT2D eigenvalue weighted by atomic mass is 10.0.